The number of anilines is 1. The summed E-state index contributed by atoms with van der Waals surface area (Å²) >= 11 is 1.85. The van der Waals surface area contributed by atoms with E-state index in [0.717, 1.165) is 36.3 Å². The number of thiophene rings is 1. The Morgan fingerprint density at radius 1 is 0.818 bits per heavy atom. The van der Waals surface area contributed by atoms with Crippen LogP contribution in [0.3, 0.4) is 0 Å². The highest BCUT2D eigenvalue weighted by molar-refractivity contribution is 7.19. The van der Waals surface area contributed by atoms with Crippen LogP contribution in [-0.2, 0) is 6.42 Å². The van der Waals surface area contributed by atoms with E-state index in [1.807, 2.05) is 41.7 Å². The lowest BCUT2D eigenvalue weighted by Gasteiger charge is -2.20. The van der Waals surface area contributed by atoms with Crippen molar-refractivity contribution in [1.29, 1.82) is 0 Å². The van der Waals surface area contributed by atoms with Crippen molar-refractivity contribution in [3.63, 3.8) is 0 Å². The van der Waals surface area contributed by atoms with E-state index in [0.29, 0.717) is 5.69 Å². The molecule has 0 bridgehead atoms. The van der Waals surface area contributed by atoms with Crippen molar-refractivity contribution in [3.8, 4) is 11.1 Å². The van der Waals surface area contributed by atoms with Crippen LogP contribution in [0, 0.1) is 5.82 Å². The summed E-state index contributed by atoms with van der Waals surface area (Å²) in [5.41, 5.74) is 3.95. The van der Waals surface area contributed by atoms with Crippen LogP contribution in [0.5, 0.6) is 0 Å². The van der Waals surface area contributed by atoms with Gasteiger partial charge in [0.2, 0.25) is 0 Å². The third-order valence-corrected chi connectivity index (χ3v) is 7.05. The van der Waals surface area contributed by atoms with Crippen molar-refractivity contribution in [2.45, 2.75) is 40.0 Å². The molecule has 0 N–H and O–H groups in total. The van der Waals surface area contributed by atoms with Gasteiger partial charge in [0.25, 0.3) is 0 Å². The Morgan fingerprint density at radius 3 is 2.24 bits per heavy atom. The van der Waals surface area contributed by atoms with Crippen molar-refractivity contribution >= 4 is 38.5 Å². The van der Waals surface area contributed by atoms with E-state index in [2.05, 4.69) is 60.2 Å². The van der Waals surface area contributed by atoms with Crippen LogP contribution < -0.4 is 4.90 Å². The summed E-state index contributed by atoms with van der Waals surface area (Å²) in [4.78, 5) is 3.68. The van der Waals surface area contributed by atoms with Gasteiger partial charge in [-0.3, -0.25) is 0 Å². The number of azo groups is 1. The van der Waals surface area contributed by atoms with E-state index < -0.39 is 0 Å². The van der Waals surface area contributed by atoms with Gasteiger partial charge >= 0.3 is 0 Å². The molecule has 0 saturated heterocycles. The summed E-state index contributed by atoms with van der Waals surface area (Å²) < 4.78 is 16.1. The molecule has 0 atom stereocenters. The van der Waals surface area contributed by atoms with Gasteiger partial charge in [0.05, 0.1) is 5.69 Å². The molecule has 170 valence electrons. The minimum Gasteiger partial charge on any atom is -0.372 e. The number of aryl methyl sites for hydroxylation is 1. The van der Waals surface area contributed by atoms with Gasteiger partial charge < -0.3 is 4.90 Å². The summed E-state index contributed by atoms with van der Waals surface area (Å²) in [6.45, 7) is 8.38. The first-order chi connectivity index (χ1) is 16.1. The van der Waals surface area contributed by atoms with E-state index in [1.54, 1.807) is 12.1 Å². The number of hydrogen-bond donors (Lipinski definition) is 0. The standard InChI is InChI=1S/C28H30FN3S/c1-4-7-8-25-18-22-17-20(10-16-28(22)33-25)21-9-15-27(26(29)19-21)31-30-23-11-13-24(14-12-23)32(5-2)6-3/h9-19H,4-8H2,1-3H3/b31-30+. The maximum atomic E-state index is 14.8. The lowest BCUT2D eigenvalue weighted by Crippen LogP contribution is -2.21. The van der Waals surface area contributed by atoms with Crippen LogP contribution in [0.1, 0.15) is 38.5 Å². The lowest BCUT2D eigenvalue weighted by atomic mass is 10.0. The highest BCUT2D eigenvalue weighted by Crippen LogP contribution is 2.33. The number of nitrogens with zero attached hydrogens (tertiary/aromatic N) is 3. The number of benzene rings is 3. The Morgan fingerprint density at radius 2 is 1.55 bits per heavy atom. The van der Waals surface area contributed by atoms with Crippen molar-refractivity contribution in [1.82, 2.24) is 0 Å². The number of fused-ring (bicyclic) bond motifs is 1. The van der Waals surface area contributed by atoms with E-state index in [9.17, 15) is 4.39 Å². The predicted octanol–water partition coefficient (Wildman–Crippen LogP) is 9.31. The minimum atomic E-state index is -0.370. The van der Waals surface area contributed by atoms with Crippen LogP contribution in [0.15, 0.2) is 77.0 Å². The highest BCUT2D eigenvalue weighted by atomic mass is 32.1. The predicted molar refractivity (Wildman–Crippen MR) is 140 cm³/mol. The van der Waals surface area contributed by atoms with Crippen molar-refractivity contribution < 1.29 is 4.39 Å². The Kier molecular flexibility index (Phi) is 7.50. The molecular weight excluding hydrogens is 429 g/mol. The maximum absolute atomic E-state index is 14.8. The minimum absolute atomic E-state index is 0.241. The largest absolute Gasteiger partial charge is 0.372 e. The summed E-state index contributed by atoms with van der Waals surface area (Å²) in [6.07, 6.45) is 3.53. The molecule has 0 aliphatic rings. The summed E-state index contributed by atoms with van der Waals surface area (Å²) in [6, 6.07) is 21.6. The molecule has 4 aromatic rings. The van der Waals surface area contributed by atoms with E-state index in [-0.39, 0.29) is 11.5 Å². The Labute approximate surface area is 199 Å². The molecule has 0 saturated carbocycles. The first-order valence-electron chi connectivity index (χ1n) is 11.7. The monoisotopic (exact) mass is 459 g/mol. The van der Waals surface area contributed by atoms with Gasteiger partial charge in [0.15, 0.2) is 5.82 Å². The average Bonchev–Trinajstić information content (AvgIpc) is 3.25. The van der Waals surface area contributed by atoms with Gasteiger partial charge in [-0.05, 0) is 97.8 Å². The van der Waals surface area contributed by atoms with Gasteiger partial charge in [-0.25, -0.2) is 4.39 Å². The molecule has 0 unspecified atom stereocenters. The quantitative estimate of drug-likeness (QED) is 0.229. The van der Waals surface area contributed by atoms with Gasteiger partial charge in [-0.2, -0.15) is 5.11 Å². The Balaban J connectivity index is 1.51. The molecule has 1 aromatic heterocycles. The van der Waals surface area contributed by atoms with Crippen LogP contribution in [0.4, 0.5) is 21.5 Å². The van der Waals surface area contributed by atoms with Crippen LogP contribution in [0.25, 0.3) is 21.2 Å². The summed E-state index contributed by atoms with van der Waals surface area (Å²) in [5, 5.41) is 9.60. The molecule has 0 fully saturated rings. The SMILES string of the molecule is CCCCc1cc2cc(-c3ccc(/N=N/c4ccc(N(CC)CC)cc4)c(F)c3)ccc2s1. The fraction of sp³-hybridized carbons (Fsp3) is 0.286. The van der Waals surface area contributed by atoms with E-state index >= 15 is 0 Å². The Bertz CT molecular complexity index is 1240. The number of hydrogen-bond acceptors (Lipinski definition) is 4. The third-order valence-electron chi connectivity index (χ3n) is 5.88. The normalized spacial score (nSPS) is 11.5. The first kappa shape index (κ1) is 23.1. The lowest BCUT2D eigenvalue weighted by molar-refractivity contribution is 0.629. The van der Waals surface area contributed by atoms with Gasteiger partial charge in [0, 0.05) is 28.4 Å². The molecule has 5 heteroatoms. The molecule has 0 amide bonds. The molecule has 0 aliphatic carbocycles. The molecule has 3 nitrogen and oxygen atoms in total. The molecule has 33 heavy (non-hydrogen) atoms. The van der Waals surface area contributed by atoms with Crippen LogP contribution in [0.2, 0.25) is 0 Å². The highest BCUT2D eigenvalue weighted by Gasteiger charge is 2.08. The molecule has 3 aromatic carbocycles. The van der Waals surface area contributed by atoms with E-state index in [1.165, 1.54) is 27.8 Å². The summed E-state index contributed by atoms with van der Waals surface area (Å²) in [5.74, 6) is -0.370. The second-order valence-corrected chi connectivity index (χ2v) is 9.29. The fourth-order valence-corrected chi connectivity index (χ4v) is 5.04. The van der Waals surface area contributed by atoms with Crippen LogP contribution >= 0.6 is 11.3 Å². The van der Waals surface area contributed by atoms with E-state index in [4.69, 9.17) is 0 Å². The average molecular weight is 460 g/mol. The molecular formula is C28H30FN3S. The fourth-order valence-electron chi connectivity index (χ4n) is 3.95. The smallest absolute Gasteiger partial charge is 0.151 e. The number of halogens is 1. The summed E-state index contributed by atoms with van der Waals surface area (Å²) in [7, 11) is 0. The first-order valence-corrected chi connectivity index (χ1v) is 12.5. The maximum Gasteiger partial charge on any atom is 0.151 e. The van der Waals surface area contributed by atoms with Crippen LogP contribution in [-0.4, -0.2) is 13.1 Å². The van der Waals surface area contributed by atoms with Crippen molar-refractivity contribution in [3.05, 3.63) is 77.4 Å². The molecule has 4 rings (SSSR count). The second kappa shape index (κ2) is 10.7. The number of unbranched alkanes of at least 4 members (excludes halogenated alkanes) is 1. The number of rotatable bonds is 9. The Hall–Kier alpha value is -3.05. The van der Waals surface area contributed by atoms with Gasteiger partial charge in [-0.1, -0.05) is 25.5 Å². The zero-order valence-electron chi connectivity index (χ0n) is 19.5. The zero-order chi connectivity index (χ0) is 23.2. The zero-order valence-corrected chi connectivity index (χ0v) is 20.3. The topological polar surface area (TPSA) is 28.0 Å². The molecule has 1 heterocycles. The van der Waals surface area contributed by atoms with Gasteiger partial charge in [-0.15, -0.1) is 16.5 Å². The van der Waals surface area contributed by atoms with Crippen molar-refractivity contribution in [2.75, 3.05) is 18.0 Å². The van der Waals surface area contributed by atoms with Crippen molar-refractivity contribution in [2.24, 2.45) is 10.2 Å². The second-order valence-electron chi connectivity index (χ2n) is 8.12. The molecule has 0 aliphatic heterocycles. The molecule has 0 spiro atoms. The van der Waals surface area contributed by atoms with Gasteiger partial charge in [0.1, 0.15) is 5.69 Å². The molecule has 0 radical (unpaired) electrons. The third kappa shape index (κ3) is 5.48.